The van der Waals surface area contributed by atoms with Gasteiger partial charge in [-0.1, -0.05) is 23.7 Å². The van der Waals surface area contributed by atoms with Crippen molar-refractivity contribution >= 4 is 38.9 Å². The van der Waals surface area contributed by atoms with Crippen LogP contribution >= 0.6 is 11.6 Å². The van der Waals surface area contributed by atoms with Crippen molar-refractivity contribution < 1.29 is 13.2 Å². The van der Waals surface area contributed by atoms with Gasteiger partial charge in [0.15, 0.2) is 0 Å². The highest BCUT2D eigenvalue weighted by atomic mass is 35.5. The van der Waals surface area contributed by atoms with Gasteiger partial charge in [-0.3, -0.25) is 9.10 Å². The SMILES string of the molecule is CS(=O)(=O)N1CCCc2cc(C(=O)Nc3ccccc3Cl)ccc21. The van der Waals surface area contributed by atoms with E-state index in [1.54, 1.807) is 42.5 Å². The molecule has 3 rings (SSSR count). The molecule has 0 fully saturated rings. The van der Waals surface area contributed by atoms with E-state index in [0.29, 0.717) is 28.5 Å². The average Bonchev–Trinajstić information content (AvgIpc) is 2.55. The summed E-state index contributed by atoms with van der Waals surface area (Å²) in [6.45, 7) is 0.469. The number of sulfonamides is 1. The van der Waals surface area contributed by atoms with Gasteiger partial charge < -0.3 is 5.32 Å². The van der Waals surface area contributed by atoms with Gasteiger partial charge >= 0.3 is 0 Å². The number of fused-ring (bicyclic) bond motifs is 1. The molecule has 0 unspecified atom stereocenters. The number of anilines is 2. The van der Waals surface area contributed by atoms with Crippen LogP contribution < -0.4 is 9.62 Å². The third-order valence-electron chi connectivity index (χ3n) is 3.94. The minimum absolute atomic E-state index is 0.276. The molecule has 2 aromatic rings. The van der Waals surface area contributed by atoms with E-state index in [0.717, 1.165) is 18.4 Å². The van der Waals surface area contributed by atoms with E-state index in [2.05, 4.69) is 5.32 Å². The number of halogens is 1. The van der Waals surface area contributed by atoms with Gasteiger partial charge in [-0.25, -0.2) is 8.42 Å². The molecule has 0 saturated heterocycles. The molecule has 5 nitrogen and oxygen atoms in total. The van der Waals surface area contributed by atoms with Crippen molar-refractivity contribution in [1.82, 2.24) is 0 Å². The van der Waals surface area contributed by atoms with Gasteiger partial charge in [-0.15, -0.1) is 0 Å². The number of amides is 1. The van der Waals surface area contributed by atoms with E-state index >= 15 is 0 Å². The quantitative estimate of drug-likeness (QED) is 0.908. The summed E-state index contributed by atoms with van der Waals surface area (Å²) in [7, 11) is -3.31. The molecule has 1 heterocycles. The zero-order valence-corrected chi connectivity index (χ0v) is 14.7. The second-order valence-corrected chi connectivity index (χ2v) is 8.03. The van der Waals surface area contributed by atoms with Crippen LogP contribution in [-0.4, -0.2) is 27.1 Å². The summed E-state index contributed by atoms with van der Waals surface area (Å²) in [6, 6.07) is 12.1. The molecule has 1 amide bonds. The zero-order valence-electron chi connectivity index (χ0n) is 13.1. The zero-order chi connectivity index (χ0) is 17.3. The molecule has 1 N–H and O–H groups in total. The normalized spacial score (nSPS) is 14.2. The van der Waals surface area contributed by atoms with Gasteiger partial charge in [0.1, 0.15) is 0 Å². The maximum Gasteiger partial charge on any atom is 0.255 e. The molecule has 0 aliphatic carbocycles. The number of hydrogen-bond donors (Lipinski definition) is 1. The Labute approximate surface area is 146 Å². The Morgan fingerprint density at radius 1 is 1.21 bits per heavy atom. The van der Waals surface area contributed by atoms with Gasteiger partial charge in [0.2, 0.25) is 10.0 Å². The van der Waals surface area contributed by atoms with Crippen molar-refractivity contribution in [3.63, 3.8) is 0 Å². The molecule has 24 heavy (non-hydrogen) atoms. The number of aryl methyl sites for hydroxylation is 1. The summed E-state index contributed by atoms with van der Waals surface area (Å²) < 4.78 is 25.1. The number of nitrogens with one attached hydrogen (secondary N) is 1. The minimum Gasteiger partial charge on any atom is -0.321 e. The number of carbonyl (C=O) groups is 1. The summed E-state index contributed by atoms with van der Waals surface area (Å²) in [5, 5.41) is 3.24. The number of hydrogen-bond acceptors (Lipinski definition) is 3. The van der Waals surface area contributed by atoms with E-state index in [4.69, 9.17) is 11.6 Å². The van der Waals surface area contributed by atoms with Gasteiger partial charge in [-0.2, -0.15) is 0 Å². The molecular formula is C17H17ClN2O3S. The molecule has 0 atom stereocenters. The van der Waals surface area contributed by atoms with Crippen LogP contribution in [0.3, 0.4) is 0 Å². The van der Waals surface area contributed by atoms with Gasteiger partial charge in [0.05, 0.1) is 22.7 Å². The summed E-state index contributed by atoms with van der Waals surface area (Å²) in [6.07, 6.45) is 2.67. The predicted octanol–water partition coefficient (Wildman–Crippen LogP) is 3.30. The van der Waals surface area contributed by atoms with Crippen LogP contribution in [-0.2, 0) is 16.4 Å². The lowest BCUT2D eigenvalue weighted by atomic mass is 10.0. The maximum atomic E-state index is 12.4. The second kappa shape index (κ2) is 6.45. The van der Waals surface area contributed by atoms with Gasteiger partial charge in [0, 0.05) is 12.1 Å². The largest absolute Gasteiger partial charge is 0.321 e. The smallest absolute Gasteiger partial charge is 0.255 e. The highest BCUT2D eigenvalue weighted by Crippen LogP contribution is 2.30. The fourth-order valence-electron chi connectivity index (χ4n) is 2.81. The van der Waals surface area contributed by atoms with Gasteiger partial charge in [-0.05, 0) is 48.7 Å². The second-order valence-electron chi connectivity index (χ2n) is 5.72. The lowest BCUT2D eigenvalue weighted by molar-refractivity contribution is 0.102. The highest BCUT2D eigenvalue weighted by Gasteiger charge is 2.24. The van der Waals surface area contributed by atoms with E-state index < -0.39 is 10.0 Å². The van der Waals surface area contributed by atoms with E-state index in [9.17, 15) is 13.2 Å². The van der Waals surface area contributed by atoms with Crippen LogP contribution in [0, 0.1) is 0 Å². The molecule has 0 bridgehead atoms. The summed E-state index contributed by atoms with van der Waals surface area (Å²) in [4.78, 5) is 12.4. The first kappa shape index (κ1) is 16.8. The van der Waals surface area contributed by atoms with E-state index in [-0.39, 0.29) is 5.91 Å². The van der Waals surface area contributed by atoms with Crippen LogP contribution in [0.15, 0.2) is 42.5 Å². The van der Waals surface area contributed by atoms with Crippen LogP contribution in [0.1, 0.15) is 22.3 Å². The predicted molar refractivity (Wildman–Crippen MR) is 96.4 cm³/mol. The Bertz CT molecular complexity index is 896. The molecule has 1 aliphatic rings. The van der Waals surface area contributed by atoms with Crippen LogP contribution in [0.25, 0.3) is 0 Å². The first-order valence-corrected chi connectivity index (χ1v) is 9.75. The van der Waals surface area contributed by atoms with Crippen molar-refractivity contribution in [2.75, 3.05) is 22.4 Å². The van der Waals surface area contributed by atoms with Crippen molar-refractivity contribution in [3.05, 3.63) is 58.6 Å². The molecule has 0 spiro atoms. The molecule has 0 radical (unpaired) electrons. The third kappa shape index (κ3) is 3.39. The topological polar surface area (TPSA) is 66.5 Å². The van der Waals surface area contributed by atoms with Crippen molar-refractivity contribution in [1.29, 1.82) is 0 Å². The lowest BCUT2D eigenvalue weighted by Gasteiger charge is -2.29. The fourth-order valence-corrected chi connectivity index (χ4v) is 3.98. The number of rotatable bonds is 3. The molecule has 126 valence electrons. The Hall–Kier alpha value is -2.05. The van der Waals surface area contributed by atoms with Crippen LogP contribution in [0.4, 0.5) is 11.4 Å². The molecule has 1 aliphatic heterocycles. The molecule has 0 aromatic heterocycles. The standard InChI is InChI=1S/C17H17ClN2O3S/c1-24(22,23)20-10-4-5-12-11-13(8-9-16(12)20)17(21)19-15-7-3-2-6-14(15)18/h2-3,6-9,11H,4-5,10H2,1H3,(H,19,21). The Balaban J connectivity index is 1.89. The number of nitrogens with zero attached hydrogens (tertiary/aromatic N) is 1. The first-order valence-electron chi connectivity index (χ1n) is 7.53. The summed E-state index contributed by atoms with van der Waals surface area (Å²) >= 11 is 6.05. The molecule has 2 aromatic carbocycles. The first-order chi connectivity index (χ1) is 11.4. The summed E-state index contributed by atoms with van der Waals surface area (Å²) in [5.74, 6) is -0.276. The molecule has 7 heteroatoms. The lowest BCUT2D eigenvalue weighted by Crippen LogP contribution is -2.34. The number of benzene rings is 2. The van der Waals surface area contributed by atoms with Crippen molar-refractivity contribution in [2.24, 2.45) is 0 Å². The summed E-state index contributed by atoms with van der Waals surface area (Å²) in [5.41, 5.74) is 2.53. The Morgan fingerprint density at radius 3 is 2.67 bits per heavy atom. The van der Waals surface area contributed by atoms with Crippen LogP contribution in [0.5, 0.6) is 0 Å². The van der Waals surface area contributed by atoms with E-state index in [1.165, 1.54) is 10.6 Å². The Morgan fingerprint density at radius 2 is 1.96 bits per heavy atom. The minimum atomic E-state index is -3.31. The molecular weight excluding hydrogens is 348 g/mol. The highest BCUT2D eigenvalue weighted by molar-refractivity contribution is 7.92. The average molecular weight is 365 g/mol. The molecule has 0 saturated carbocycles. The Kier molecular flexibility index (Phi) is 4.51. The number of para-hydroxylation sites is 1. The van der Waals surface area contributed by atoms with Crippen molar-refractivity contribution in [3.8, 4) is 0 Å². The van der Waals surface area contributed by atoms with Crippen LogP contribution in [0.2, 0.25) is 5.02 Å². The fraction of sp³-hybridized carbons (Fsp3) is 0.235. The number of carbonyl (C=O) groups excluding carboxylic acids is 1. The third-order valence-corrected chi connectivity index (χ3v) is 5.45. The van der Waals surface area contributed by atoms with Gasteiger partial charge in [0.25, 0.3) is 5.91 Å². The van der Waals surface area contributed by atoms with E-state index in [1.807, 2.05) is 0 Å². The monoisotopic (exact) mass is 364 g/mol. The van der Waals surface area contributed by atoms with Crippen molar-refractivity contribution in [2.45, 2.75) is 12.8 Å². The maximum absolute atomic E-state index is 12.4.